The first-order valence-corrected chi connectivity index (χ1v) is 10.2. The zero-order chi connectivity index (χ0) is 22.2. The molecule has 0 radical (unpaired) electrons. The molecule has 1 heterocycles. The van der Waals surface area contributed by atoms with Crippen molar-refractivity contribution in [2.45, 2.75) is 10.9 Å². The van der Waals surface area contributed by atoms with Gasteiger partial charge >= 0.3 is 0 Å². The van der Waals surface area contributed by atoms with Crippen molar-refractivity contribution in [3.05, 3.63) is 59.4 Å². The Morgan fingerprint density at radius 2 is 1.77 bits per heavy atom. The number of nitrogens with one attached hydrogen (secondary N) is 1. The molecule has 31 heavy (non-hydrogen) atoms. The first kappa shape index (κ1) is 22.2. The van der Waals surface area contributed by atoms with E-state index in [1.54, 1.807) is 63.7 Å². The topological polar surface area (TPSA) is 99.9 Å². The van der Waals surface area contributed by atoms with E-state index < -0.39 is 0 Å². The Kier molecular flexibility index (Phi) is 7.50. The number of benzene rings is 2. The van der Waals surface area contributed by atoms with Gasteiger partial charge in [0.05, 0.1) is 27.5 Å². The van der Waals surface area contributed by atoms with E-state index in [1.807, 2.05) is 23.7 Å². The molecular formula is C21H23N5O4S. The third kappa shape index (κ3) is 5.54. The van der Waals surface area contributed by atoms with Gasteiger partial charge in [-0.2, -0.15) is 5.10 Å². The second-order valence-electron chi connectivity index (χ2n) is 6.36. The number of thioether (sulfide) groups is 1. The van der Waals surface area contributed by atoms with E-state index in [2.05, 4.69) is 20.7 Å². The first-order valence-electron chi connectivity index (χ1n) is 9.24. The molecule has 0 saturated carbocycles. The van der Waals surface area contributed by atoms with E-state index in [0.717, 1.165) is 16.5 Å². The van der Waals surface area contributed by atoms with Crippen molar-refractivity contribution in [3.8, 4) is 17.2 Å². The number of aromatic nitrogens is 3. The van der Waals surface area contributed by atoms with Crippen molar-refractivity contribution >= 4 is 23.9 Å². The molecule has 0 unspecified atom stereocenters. The molecule has 1 N–H and O–H groups in total. The standard InChI is InChI=1S/C21H23N5O4S/c1-26-13-23-25-21(26)31-12-14-5-7-15(8-6-14)20(27)24-22-11-16-9-18(29-3)19(30-4)10-17(16)28-2/h5-11,13H,12H2,1-4H3,(H,24,27)/b22-11-. The second kappa shape index (κ2) is 10.5. The van der Waals surface area contributed by atoms with Crippen LogP contribution in [0.3, 0.4) is 0 Å². The molecule has 10 heteroatoms. The van der Waals surface area contributed by atoms with Crippen molar-refractivity contribution in [2.24, 2.45) is 12.1 Å². The number of nitrogens with zero attached hydrogens (tertiary/aromatic N) is 4. The normalized spacial score (nSPS) is 10.8. The van der Waals surface area contributed by atoms with Crippen molar-refractivity contribution in [2.75, 3.05) is 21.3 Å². The van der Waals surface area contributed by atoms with Crippen molar-refractivity contribution in [1.29, 1.82) is 0 Å². The van der Waals surface area contributed by atoms with Crippen LogP contribution in [0.5, 0.6) is 17.2 Å². The van der Waals surface area contributed by atoms with Gasteiger partial charge in [0, 0.05) is 30.0 Å². The average Bonchev–Trinajstić information content (AvgIpc) is 3.22. The molecule has 0 aliphatic heterocycles. The molecule has 0 spiro atoms. The van der Waals surface area contributed by atoms with Gasteiger partial charge in [-0.05, 0) is 23.8 Å². The fourth-order valence-corrected chi connectivity index (χ4v) is 3.53. The van der Waals surface area contributed by atoms with Gasteiger partial charge in [0.2, 0.25) is 0 Å². The summed E-state index contributed by atoms with van der Waals surface area (Å²) in [6, 6.07) is 10.7. The number of methoxy groups -OCH3 is 3. The minimum Gasteiger partial charge on any atom is -0.496 e. The molecule has 0 atom stereocenters. The predicted molar refractivity (Wildman–Crippen MR) is 118 cm³/mol. The Labute approximate surface area is 184 Å². The van der Waals surface area contributed by atoms with Gasteiger partial charge in [-0.3, -0.25) is 4.79 Å². The molecule has 0 saturated heterocycles. The number of ether oxygens (including phenoxy) is 3. The molecule has 0 aliphatic carbocycles. The molecule has 2 aromatic carbocycles. The average molecular weight is 442 g/mol. The maximum atomic E-state index is 12.4. The van der Waals surface area contributed by atoms with Crippen molar-refractivity contribution in [1.82, 2.24) is 20.2 Å². The maximum absolute atomic E-state index is 12.4. The largest absolute Gasteiger partial charge is 0.496 e. The van der Waals surface area contributed by atoms with E-state index in [0.29, 0.717) is 28.4 Å². The smallest absolute Gasteiger partial charge is 0.271 e. The number of rotatable bonds is 9. The Morgan fingerprint density at radius 1 is 1.10 bits per heavy atom. The number of carbonyl (C=O) groups is 1. The van der Waals surface area contributed by atoms with E-state index in [4.69, 9.17) is 14.2 Å². The number of aryl methyl sites for hydroxylation is 1. The van der Waals surface area contributed by atoms with Gasteiger partial charge < -0.3 is 18.8 Å². The highest BCUT2D eigenvalue weighted by molar-refractivity contribution is 7.98. The summed E-state index contributed by atoms with van der Waals surface area (Å²) in [4.78, 5) is 12.4. The Bertz CT molecular complexity index is 1070. The number of carbonyl (C=O) groups excluding carboxylic acids is 1. The highest BCUT2D eigenvalue weighted by atomic mass is 32.2. The van der Waals surface area contributed by atoms with E-state index in [-0.39, 0.29) is 5.91 Å². The molecule has 0 bridgehead atoms. The zero-order valence-electron chi connectivity index (χ0n) is 17.7. The molecule has 3 rings (SSSR count). The molecule has 0 aliphatic rings. The summed E-state index contributed by atoms with van der Waals surface area (Å²) in [7, 11) is 6.53. The number of amides is 1. The van der Waals surface area contributed by atoms with Gasteiger partial charge in [0.1, 0.15) is 12.1 Å². The Morgan fingerprint density at radius 3 is 2.39 bits per heavy atom. The molecule has 3 aromatic rings. The third-order valence-corrected chi connectivity index (χ3v) is 5.47. The fourth-order valence-electron chi connectivity index (χ4n) is 2.68. The monoisotopic (exact) mass is 441 g/mol. The van der Waals surface area contributed by atoms with Crippen LogP contribution >= 0.6 is 11.8 Å². The lowest BCUT2D eigenvalue weighted by molar-refractivity contribution is 0.0955. The van der Waals surface area contributed by atoms with Crippen molar-refractivity contribution in [3.63, 3.8) is 0 Å². The van der Waals surface area contributed by atoms with Crippen LogP contribution in [0.4, 0.5) is 0 Å². The highest BCUT2D eigenvalue weighted by Gasteiger charge is 2.11. The van der Waals surface area contributed by atoms with Gasteiger partial charge in [0.15, 0.2) is 16.7 Å². The van der Waals surface area contributed by atoms with Gasteiger partial charge in [0.25, 0.3) is 5.91 Å². The van der Waals surface area contributed by atoms with Gasteiger partial charge in [-0.15, -0.1) is 10.2 Å². The maximum Gasteiger partial charge on any atom is 0.271 e. The minimum absolute atomic E-state index is 0.316. The zero-order valence-corrected chi connectivity index (χ0v) is 18.5. The summed E-state index contributed by atoms with van der Waals surface area (Å²) < 4.78 is 17.8. The van der Waals surface area contributed by atoms with Crippen LogP contribution in [-0.4, -0.2) is 48.2 Å². The number of hydrogen-bond donors (Lipinski definition) is 1. The van der Waals surface area contributed by atoms with Crippen LogP contribution in [0.1, 0.15) is 21.5 Å². The van der Waals surface area contributed by atoms with Crippen LogP contribution in [0, 0.1) is 0 Å². The van der Waals surface area contributed by atoms with Crippen molar-refractivity contribution < 1.29 is 19.0 Å². The highest BCUT2D eigenvalue weighted by Crippen LogP contribution is 2.33. The van der Waals surface area contributed by atoms with E-state index in [1.165, 1.54) is 6.21 Å². The molecule has 9 nitrogen and oxygen atoms in total. The van der Waals surface area contributed by atoms with Crippen LogP contribution in [0.25, 0.3) is 0 Å². The van der Waals surface area contributed by atoms with Crippen LogP contribution in [0.2, 0.25) is 0 Å². The summed E-state index contributed by atoms with van der Waals surface area (Å²) in [5.41, 5.74) is 4.73. The number of hydrogen-bond acceptors (Lipinski definition) is 8. The molecule has 0 fully saturated rings. The second-order valence-corrected chi connectivity index (χ2v) is 7.30. The summed E-state index contributed by atoms with van der Waals surface area (Å²) in [6.45, 7) is 0. The SMILES string of the molecule is COc1cc(OC)c(OC)cc1/C=N\NC(=O)c1ccc(CSc2nncn2C)cc1. The van der Waals surface area contributed by atoms with Crippen LogP contribution < -0.4 is 19.6 Å². The van der Waals surface area contributed by atoms with Gasteiger partial charge in [-0.1, -0.05) is 23.9 Å². The first-order chi connectivity index (χ1) is 15.0. The molecule has 1 amide bonds. The number of hydrazone groups is 1. The van der Waals surface area contributed by atoms with E-state index >= 15 is 0 Å². The summed E-state index contributed by atoms with van der Waals surface area (Å²) >= 11 is 1.58. The molecular weight excluding hydrogens is 418 g/mol. The van der Waals surface area contributed by atoms with Gasteiger partial charge in [-0.25, -0.2) is 5.43 Å². The van der Waals surface area contributed by atoms with Crippen LogP contribution in [-0.2, 0) is 12.8 Å². The Balaban J connectivity index is 1.61. The molecule has 162 valence electrons. The molecule has 1 aromatic heterocycles. The lowest BCUT2D eigenvalue weighted by Crippen LogP contribution is -2.17. The lowest BCUT2D eigenvalue weighted by Gasteiger charge is -2.11. The van der Waals surface area contributed by atoms with E-state index in [9.17, 15) is 4.79 Å². The summed E-state index contributed by atoms with van der Waals surface area (Å²) in [5, 5.41) is 12.8. The third-order valence-electron chi connectivity index (χ3n) is 4.36. The predicted octanol–water partition coefficient (Wildman–Crippen LogP) is 2.90. The fraction of sp³-hybridized carbons (Fsp3) is 0.238. The Hall–Kier alpha value is -3.53. The quantitative estimate of drug-likeness (QED) is 0.310. The lowest BCUT2D eigenvalue weighted by atomic mass is 10.1. The minimum atomic E-state index is -0.316. The summed E-state index contributed by atoms with van der Waals surface area (Å²) in [6.07, 6.45) is 3.15. The van der Waals surface area contributed by atoms with Crippen LogP contribution in [0.15, 0.2) is 53.0 Å². The summed E-state index contributed by atoms with van der Waals surface area (Å²) in [5.74, 6) is 2.03.